The Morgan fingerprint density at radius 1 is 1.43 bits per heavy atom. The summed E-state index contributed by atoms with van der Waals surface area (Å²) in [6.45, 7) is 0. The first kappa shape index (κ1) is 11.1. The van der Waals surface area contributed by atoms with Crippen LogP contribution in [0.5, 0.6) is 0 Å². The van der Waals surface area contributed by atoms with Crippen molar-refractivity contribution in [1.29, 1.82) is 0 Å². The van der Waals surface area contributed by atoms with Gasteiger partial charge in [0.05, 0.1) is 6.04 Å². The fraction of sp³-hybridized carbons (Fsp3) is 0.364. The number of anilines is 1. The number of hydrogen-bond donors (Lipinski definition) is 1. The minimum absolute atomic E-state index is 0.0650. The lowest BCUT2D eigenvalue weighted by Gasteiger charge is -2.12. The summed E-state index contributed by atoms with van der Waals surface area (Å²) in [5.41, 5.74) is 1.01. The number of benzene rings is 1. The molecule has 0 saturated carbocycles. The van der Waals surface area contributed by atoms with Crippen LogP contribution in [0.2, 0.25) is 0 Å². The fourth-order valence-electron chi connectivity index (χ4n) is 1.17. The summed E-state index contributed by atoms with van der Waals surface area (Å²) in [5.74, 6) is 1.00. The Morgan fingerprint density at radius 2 is 2.14 bits per heavy atom. The van der Waals surface area contributed by atoms with E-state index in [-0.39, 0.29) is 6.04 Å². The molecule has 2 nitrogen and oxygen atoms in total. The summed E-state index contributed by atoms with van der Waals surface area (Å²) in [6.07, 6.45) is 3.90. The molecule has 0 aliphatic rings. The highest BCUT2D eigenvalue weighted by Crippen LogP contribution is 2.09. The topological polar surface area (TPSA) is 29.1 Å². The van der Waals surface area contributed by atoms with E-state index < -0.39 is 0 Å². The minimum Gasteiger partial charge on any atom is -0.376 e. The molecule has 0 radical (unpaired) electrons. The van der Waals surface area contributed by atoms with E-state index in [2.05, 4.69) is 5.32 Å². The van der Waals surface area contributed by atoms with Crippen LogP contribution in [0, 0.1) is 0 Å². The molecule has 0 unspecified atom stereocenters. The third-order valence-corrected chi connectivity index (χ3v) is 2.57. The van der Waals surface area contributed by atoms with Crippen molar-refractivity contribution in [2.45, 2.75) is 12.5 Å². The Morgan fingerprint density at radius 3 is 2.71 bits per heavy atom. The van der Waals surface area contributed by atoms with Gasteiger partial charge in [0, 0.05) is 5.69 Å². The average molecular weight is 209 g/mol. The third-order valence-electron chi connectivity index (χ3n) is 1.92. The van der Waals surface area contributed by atoms with Gasteiger partial charge in [-0.1, -0.05) is 18.2 Å². The van der Waals surface area contributed by atoms with E-state index in [0.717, 1.165) is 24.1 Å². The predicted octanol–water partition coefficient (Wildman–Crippen LogP) is 2.42. The number of nitrogens with one attached hydrogen (secondary N) is 1. The second-order valence-electron chi connectivity index (χ2n) is 3.03. The monoisotopic (exact) mass is 209 g/mol. The molecule has 0 aliphatic heterocycles. The second-order valence-corrected chi connectivity index (χ2v) is 4.02. The van der Waals surface area contributed by atoms with Gasteiger partial charge in [0.25, 0.3) is 0 Å². The number of para-hydroxylation sites is 1. The van der Waals surface area contributed by atoms with E-state index in [0.29, 0.717) is 0 Å². The first-order chi connectivity index (χ1) is 6.86. The lowest BCUT2D eigenvalue weighted by Crippen LogP contribution is -2.21. The van der Waals surface area contributed by atoms with Gasteiger partial charge in [-0.15, -0.1) is 0 Å². The largest absolute Gasteiger partial charge is 0.376 e. The highest BCUT2D eigenvalue weighted by molar-refractivity contribution is 7.98. The zero-order valence-electron chi connectivity index (χ0n) is 8.27. The molecule has 0 aromatic heterocycles. The van der Waals surface area contributed by atoms with Crippen molar-refractivity contribution in [1.82, 2.24) is 0 Å². The molecule has 76 valence electrons. The molecule has 0 aliphatic carbocycles. The molecule has 14 heavy (non-hydrogen) atoms. The Kier molecular flexibility index (Phi) is 5.15. The SMILES string of the molecule is CSCC[C@@H](C=O)Nc1ccccc1. The van der Waals surface area contributed by atoms with Crippen molar-refractivity contribution in [3.8, 4) is 0 Å². The molecule has 1 N–H and O–H groups in total. The van der Waals surface area contributed by atoms with Crippen LogP contribution in [0.1, 0.15) is 6.42 Å². The molecule has 1 atom stereocenters. The Balaban J connectivity index is 2.44. The summed E-state index contributed by atoms with van der Waals surface area (Å²) < 4.78 is 0. The van der Waals surface area contributed by atoms with E-state index in [1.165, 1.54) is 0 Å². The first-order valence-corrected chi connectivity index (χ1v) is 6.02. The van der Waals surface area contributed by atoms with Gasteiger partial charge in [0.2, 0.25) is 0 Å². The van der Waals surface area contributed by atoms with Crippen molar-refractivity contribution in [2.24, 2.45) is 0 Å². The van der Waals surface area contributed by atoms with Gasteiger partial charge in [0.15, 0.2) is 0 Å². The summed E-state index contributed by atoms with van der Waals surface area (Å²) >= 11 is 1.76. The van der Waals surface area contributed by atoms with Gasteiger partial charge in [-0.2, -0.15) is 11.8 Å². The summed E-state index contributed by atoms with van der Waals surface area (Å²) in [4.78, 5) is 10.7. The van der Waals surface area contributed by atoms with Crippen molar-refractivity contribution in [2.75, 3.05) is 17.3 Å². The molecule has 0 bridgehead atoms. The Bertz CT molecular complexity index is 263. The van der Waals surface area contributed by atoms with Crippen LogP contribution in [0.25, 0.3) is 0 Å². The molecule has 1 aromatic carbocycles. The van der Waals surface area contributed by atoms with Crippen molar-refractivity contribution in [3.05, 3.63) is 30.3 Å². The fourth-order valence-corrected chi connectivity index (χ4v) is 1.66. The Labute approximate surface area is 89.1 Å². The number of carbonyl (C=O) groups excluding carboxylic acids is 1. The van der Waals surface area contributed by atoms with E-state index >= 15 is 0 Å². The summed E-state index contributed by atoms with van der Waals surface area (Å²) in [6, 6.07) is 9.75. The van der Waals surface area contributed by atoms with E-state index in [1.807, 2.05) is 36.6 Å². The number of carbonyl (C=O) groups is 1. The van der Waals surface area contributed by atoms with Gasteiger partial charge in [-0.05, 0) is 30.6 Å². The van der Waals surface area contributed by atoms with Crippen LogP contribution in [0.15, 0.2) is 30.3 Å². The Hall–Kier alpha value is -0.960. The van der Waals surface area contributed by atoms with Crippen LogP contribution in [0.3, 0.4) is 0 Å². The molecule has 0 spiro atoms. The van der Waals surface area contributed by atoms with Gasteiger partial charge in [-0.3, -0.25) is 0 Å². The lowest BCUT2D eigenvalue weighted by molar-refractivity contribution is -0.108. The molecule has 0 fully saturated rings. The van der Waals surface area contributed by atoms with Crippen LogP contribution in [0.4, 0.5) is 5.69 Å². The molecule has 0 heterocycles. The molecule has 1 aromatic rings. The zero-order chi connectivity index (χ0) is 10.2. The third kappa shape index (κ3) is 3.83. The first-order valence-electron chi connectivity index (χ1n) is 4.62. The number of aldehydes is 1. The zero-order valence-corrected chi connectivity index (χ0v) is 9.09. The lowest BCUT2D eigenvalue weighted by atomic mass is 10.2. The van der Waals surface area contributed by atoms with Gasteiger partial charge < -0.3 is 10.1 Å². The number of hydrogen-bond acceptors (Lipinski definition) is 3. The maximum absolute atomic E-state index is 10.7. The quantitative estimate of drug-likeness (QED) is 0.729. The van der Waals surface area contributed by atoms with Crippen LogP contribution >= 0.6 is 11.8 Å². The van der Waals surface area contributed by atoms with Crippen LogP contribution < -0.4 is 5.32 Å². The van der Waals surface area contributed by atoms with Gasteiger partial charge in [0.1, 0.15) is 6.29 Å². The molecule has 0 amide bonds. The molecular weight excluding hydrogens is 194 g/mol. The van der Waals surface area contributed by atoms with E-state index in [4.69, 9.17) is 0 Å². The maximum atomic E-state index is 10.7. The normalized spacial score (nSPS) is 12.1. The van der Waals surface area contributed by atoms with Crippen LogP contribution in [-0.2, 0) is 4.79 Å². The minimum atomic E-state index is -0.0650. The smallest absolute Gasteiger partial charge is 0.142 e. The number of thioether (sulfide) groups is 1. The summed E-state index contributed by atoms with van der Waals surface area (Å²) in [7, 11) is 0. The van der Waals surface area contributed by atoms with Crippen molar-refractivity contribution in [3.63, 3.8) is 0 Å². The standard InChI is InChI=1S/C11H15NOS/c1-14-8-7-11(9-13)12-10-5-3-2-4-6-10/h2-6,9,11-12H,7-8H2,1H3/t11-/m0/s1. The van der Waals surface area contributed by atoms with Crippen molar-refractivity contribution < 1.29 is 4.79 Å². The maximum Gasteiger partial charge on any atom is 0.142 e. The van der Waals surface area contributed by atoms with Crippen molar-refractivity contribution >= 4 is 23.7 Å². The molecular formula is C11H15NOS. The number of rotatable bonds is 6. The van der Waals surface area contributed by atoms with E-state index in [1.54, 1.807) is 11.8 Å². The van der Waals surface area contributed by atoms with Crippen LogP contribution in [-0.4, -0.2) is 24.3 Å². The highest BCUT2D eigenvalue weighted by Gasteiger charge is 2.05. The predicted molar refractivity (Wildman–Crippen MR) is 62.9 cm³/mol. The van der Waals surface area contributed by atoms with E-state index in [9.17, 15) is 4.79 Å². The average Bonchev–Trinajstić information content (AvgIpc) is 2.25. The molecule has 3 heteroatoms. The van der Waals surface area contributed by atoms with Gasteiger partial charge in [-0.25, -0.2) is 0 Å². The summed E-state index contributed by atoms with van der Waals surface area (Å²) in [5, 5.41) is 3.18. The molecule has 1 rings (SSSR count). The second kappa shape index (κ2) is 6.49. The molecule has 0 saturated heterocycles. The van der Waals surface area contributed by atoms with Gasteiger partial charge >= 0.3 is 0 Å². The highest BCUT2D eigenvalue weighted by atomic mass is 32.2.